The molecule has 0 aliphatic carbocycles. The molecule has 1 aliphatic heterocycles. The number of amides is 2. The number of carbonyl (C=O) groups is 3. The Balaban J connectivity index is 1.42. The van der Waals surface area contributed by atoms with E-state index in [-0.39, 0.29) is 47.7 Å². The highest BCUT2D eigenvalue weighted by atomic mass is 32.2. The van der Waals surface area contributed by atoms with Crippen LogP contribution in [0.1, 0.15) is 71.9 Å². The Labute approximate surface area is 342 Å². The lowest BCUT2D eigenvalue weighted by atomic mass is 9.87. The van der Waals surface area contributed by atoms with Gasteiger partial charge in [0.2, 0.25) is 11.8 Å². The van der Waals surface area contributed by atoms with Gasteiger partial charge in [-0.15, -0.1) is 0 Å². The van der Waals surface area contributed by atoms with Gasteiger partial charge in [-0.25, -0.2) is 28.6 Å². The summed E-state index contributed by atoms with van der Waals surface area (Å²) in [7, 11) is -16.4. The van der Waals surface area contributed by atoms with E-state index >= 15 is 0 Å². The molecule has 0 aromatic carbocycles. The Morgan fingerprint density at radius 1 is 0.983 bits per heavy atom. The van der Waals surface area contributed by atoms with Gasteiger partial charge in [-0.1, -0.05) is 44.9 Å². The van der Waals surface area contributed by atoms with Crippen LogP contribution >= 0.6 is 35.2 Å². The molecule has 8 atom stereocenters. The Hall–Kier alpha value is -2.48. The minimum absolute atomic E-state index is 0.00621. The third-order valence-corrected chi connectivity index (χ3v) is 12.6. The van der Waals surface area contributed by atoms with Crippen molar-refractivity contribution in [2.45, 2.75) is 102 Å². The second-order valence-corrected chi connectivity index (χ2v) is 19.5. The molecule has 1 saturated heterocycles. The van der Waals surface area contributed by atoms with Crippen molar-refractivity contribution in [1.82, 2.24) is 30.2 Å². The number of aliphatic hydroxyl groups excluding tert-OH is 3. The number of aromatic nitrogens is 4. The summed E-state index contributed by atoms with van der Waals surface area (Å²) in [4.78, 5) is 87.7. The second-order valence-electron chi connectivity index (χ2n) is 14.1. The van der Waals surface area contributed by atoms with Gasteiger partial charge in [0.15, 0.2) is 22.8 Å². The summed E-state index contributed by atoms with van der Waals surface area (Å²) in [6.45, 7) is 2.22. The van der Waals surface area contributed by atoms with E-state index in [0.29, 0.717) is 12.2 Å². The normalized spacial score (nSPS) is 21.7. The fraction of sp³-hybridized carbons (Fsp3) is 0.733. The maximum atomic E-state index is 12.7. The first-order chi connectivity index (χ1) is 27.4. The summed E-state index contributed by atoms with van der Waals surface area (Å²) in [5, 5.41) is 35.7. The van der Waals surface area contributed by atoms with E-state index < -0.39 is 84.6 Å². The summed E-state index contributed by atoms with van der Waals surface area (Å²) in [5.41, 5.74) is 4.26. The molecule has 0 saturated carbocycles. The molecule has 3 rings (SSSR count). The van der Waals surface area contributed by atoms with E-state index in [1.54, 1.807) is 6.92 Å². The van der Waals surface area contributed by atoms with Gasteiger partial charge in [-0.3, -0.25) is 32.5 Å². The third kappa shape index (κ3) is 17.1. The van der Waals surface area contributed by atoms with E-state index in [0.717, 1.165) is 61.1 Å². The Bertz CT molecular complexity index is 1870. The molecule has 2 amide bonds. The molecule has 1 fully saturated rings. The van der Waals surface area contributed by atoms with Gasteiger partial charge in [0, 0.05) is 37.1 Å². The van der Waals surface area contributed by atoms with E-state index in [9.17, 15) is 63.0 Å². The van der Waals surface area contributed by atoms with Gasteiger partial charge in [0.05, 0.1) is 25.6 Å². The number of nitrogens with zero attached hydrogens (tertiary/aromatic N) is 4. The molecule has 11 N–H and O–H groups in total. The second kappa shape index (κ2) is 22.6. The molecule has 336 valence electrons. The van der Waals surface area contributed by atoms with E-state index in [2.05, 4.69) is 34.4 Å². The lowest BCUT2D eigenvalue weighted by molar-refractivity contribution is -0.137. The highest BCUT2D eigenvalue weighted by molar-refractivity contribution is 8.13. The number of phosphoric ester groups is 3. The minimum Gasteiger partial charge on any atom is -0.393 e. The summed E-state index contributed by atoms with van der Waals surface area (Å²) in [6.07, 6.45) is -2.66. The molecule has 2 unspecified atom stereocenters. The molecule has 0 bridgehead atoms. The molecule has 59 heavy (non-hydrogen) atoms. The van der Waals surface area contributed by atoms with Crippen molar-refractivity contribution in [3.8, 4) is 0 Å². The van der Waals surface area contributed by atoms with Crippen molar-refractivity contribution < 1.29 is 85.6 Å². The Morgan fingerprint density at radius 2 is 1.66 bits per heavy atom. The predicted molar refractivity (Wildman–Crippen MR) is 206 cm³/mol. The van der Waals surface area contributed by atoms with Crippen LogP contribution in [0.15, 0.2) is 12.7 Å². The highest BCUT2D eigenvalue weighted by Gasteiger charge is 2.50. The number of hydrogen-bond donors (Lipinski definition) is 10. The number of hydrogen-bond acceptors (Lipinski definition) is 19. The van der Waals surface area contributed by atoms with Gasteiger partial charge in [0.25, 0.3) is 0 Å². The van der Waals surface area contributed by atoms with Crippen molar-refractivity contribution in [3.63, 3.8) is 0 Å². The van der Waals surface area contributed by atoms with Crippen LogP contribution in [0, 0.1) is 5.41 Å². The van der Waals surface area contributed by atoms with Crippen LogP contribution in [0.2, 0.25) is 0 Å². The molecule has 0 radical (unpaired) electrons. The number of phosphoric acid groups is 3. The molecule has 1 aliphatic rings. The molecule has 29 heteroatoms. The number of anilines is 1. The van der Waals surface area contributed by atoms with Crippen LogP contribution in [0.4, 0.5) is 5.82 Å². The average molecular weight is 924 g/mol. The number of nitrogens with one attached hydrogen (secondary N) is 2. The zero-order valence-corrected chi connectivity index (χ0v) is 35.8. The zero-order chi connectivity index (χ0) is 44.2. The van der Waals surface area contributed by atoms with Gasteiger partial charge in [-0.2, -0.15) is 4.31 Å². The average Bonchev–Trinajstić information content (AvgIpc) is 3.69. The summed E-state index contributed by atoms with van der Waals surface area (Å²) in [5.74, 6) is -1.10. The number of fused-ring (bicyclic) bond motifs is 1. The molecule has 0 spiro atoms. The number of thioether (sulfide) groups is 1. The highest BCUT2D eigenvalue weighted by Crippen LogP contribution is 2.61. The smallest absolute Gasteiger partial charge is 0.393 e. The van der Waals surface area contributed by atoms with Gasteiger partial charge < -0.3 is 56.0 Å². The first-order valence-electron chi connectivity index (χ1n) is 18.1. The van der Waals surface area contributed by atoms with E-state index in [1.165, 1.54) is 13.8 Å². The lowest BCUT2D eigenvalue weighted by Gasteiger charge is -2.30. The van der Waals surface area contributed by atoms with Crippen LogP contribution in [-0.2, 0) is 50.7 Å². The van der Waals surface area contributed by atoms with Crippen molar-refractivity contribution >= 4 is 69.1 Å². The standard InChI is InChI=1S/C30H52N7O18P3S/c1-18(38)8-6-4-5-7-9-21(40)59-13-12-32-20(39)10-11-33-28(43)25(42)30(2,3)15-52-58(49,50)55-57(47,48)51-14-19-24(54-56(44,45)46)23(41)29(53-19)37-17-36-22-26(31)34-16-35-27(22)37/h16-19,23-25,29,38,41-42H,4-15H2,1-3H3,(H,32,39)(H,33,43)(H,47,48)(H,49,50)(H2,31,34,35)(H2,44,45,46)/t18-,19-,23-,24-,25+,29-/m1/s1. The molecular weight excluding hydrogens is 871 g/mol. The van der Waals surface area contributed by atoms with Gasteiger partial charge >= 0.3 is 23.5 Å². The number of unbranched alkanes of at least 4 members (excludes halogenated alkanes) is 3. The number of ether oxygens (including phenoxy) is 1. The van der Waals surface area contributed by atoms with Crippen LogP contribution in [0.25, 0.3) is 11.2 Å². The summed E-state index contributed by atoms with van der Waals surface area (Å²) >= 11 is 1.10. The fourth-order valence-corrected chi connectivity index (χ4v) is 8.98. The fourth-order valence-electron chi connectivity index (χ4n) is 5.43. The third-order valence-electron chi connectivity index (χ3n) is 8.52. The quantitative estimate of drug-likeness (QED) is 0.0450. The Kier molecular flexibility index (Phi) is 19.5. The van der Waals surface area contributed by atoms with Crippen molar-refractivity contribution in [3.05, 3.63) is 12.7 Å². The van der Waals surface area contributed by atoms with Crippen molar-refractivity contribution in [2.75, 3.05) is 37.8 Å². The summed E-state index contributed by atoms with van der Waals surface area (Å²) in [6, 6.07) is 0. The predicted octanol–water partition coefficient (Wildman–Crippen LogP) is 0.386. The monoisotopic (exact) mass is 923 g/mol. The number of carbonyl (C=O) groups excluding carboxylic acids is 3. The zero-order valence-electron chi connectivity index (χ0n) is 32.3. The lowest BCUT2D eigenvalue weighted by Crippen LogP contribution is -2.46. The number of imidazole rings is 1. The molecule has 2 aromatic heterocycles. The van der Waals surface area contributed by atoms with Crippen LogP contribution < -0.4 is 16.4 Å². The van der Waals surface area contributed by atoms with E-state index in [4.69, 9.17) is 19.5 Å². The maximum Gasteiger partial charge on any atom is 0.481 e. The number of nitrogen functional groups attached to an aromatic ring is 1. The minimum atomic E-state index is -5.57. The number of nitrogens with two attached hydrogens (primary N) is 1. The van der Waals surface area contributed by atoms with Crippen LogP contribution in [-0.4, -0.2) is 134 Å². The molecular formula is C30H52N7O18P3S. The van der Waals surface area contributed by atoms with Crippen molar-refractivity contribution in [2.24, 2.45) is 5.41 Å². The van der Waals surface area contributed by atoms with Crippen molar-refractivity contribution in [1.29, 1.82) is 0 Å². The topological polar surface area (TPSA) is 384 Å². The number of rotatable bonds is 26. The van der Waals surface area contributed by atoms with E-state index in [1.807, 2.05) is 0 Å². The number of aliphatic hydroxyl groups is 3. The van der Waals surface area contributed by atoms with Gasteiger partial charge in [0.1, 0.15) is 36.3 Å². The maximum absolute atomic E-state index is 12.7. The SMILES string of the molecule is C[C@@H](O)CCCCCCC(=O)SCCNC(=O)CCNC(=O)[C@H](O)C(C)(C)COP(=O)(O)OP(=O)(O)OC[C@H]1O[C@@H](n2cnc3c(N)ncnc32)[C@H](O)[C@@H]1OP(=O)(O)O. The van der Waals surface area contributed by atoms with Gasteiger partial charge in [-0.05, 0) is 19.8 Å². The largest absolute Gasteiger partial charge is 0.481 e. The molecule has 25 nitrogen and oxygen atoms in total. The Morgan fingerprint density at radius 3 is 2.34 bits per heavy atom. The molecule has 3 heterocycles. The first-order valence-corrected chi connectivity index (χ1v) is 23.6. The molecule has 2 aromatic rings. The summed E-state index contributed by atoms with van der Waals surface area (Å²) < 4.78 is 62.2. The first kappa shape index (κ1) is 50.9. The van der Waals surface area contributed by atoms with Crippen LogP contribution in [0.3, 0.4) is 0 Å². The van der Waals surface area contributed by atoms with Crippen LogP contribution in [0.5, 0.6) is 0 Å².